The molecule has 2 heterocycles. The van der Waals surface area contributed by atoms with Gasteiger partial charge in [0.25, 0.3) is 5.91 Å². The summed E-state index contributed by atoms with van der Waals surface area (Å²) in [6, 6.07) is 29.1. The zero-order valence-corrected chi connectivity index (χ0v) is 27.1. The number of para-hydroxylation sites is 2. The highest BCUT2D eigenvalue weighted by Crippen LogP contribution is 2.35. The summed E-state index contributed by atoms with van der Waals surface area (Å²) in [5, 5.41) is 14.0. The lowest BCUT2D eigenvalue weighted by molar-refractivity contribution is 0.0935. The standard InChI is InChI=1S/C39H38N6O3/c1-47-29-19-17-28(36(22-29)48-2)24-45-37(20-18-27-23-41-34-14-8-6-11-31(27)34)43-44-38(45)35(42-39(46)32-12-5-7-13-33(32)40)21-26-16-15-25-9-3-4-10-30(25)26/h3-14,16-17,19,22-23,35,41H,15,18,20-21,24,40H2,1-2H3,(H,42,46)/t35-/m1/s1. The van der Waals surface area contributed by atoms with Gasteiger partial charge < -0.3 is 30.1 Å². The highest BCUT2D eigenvalue weighted by atomic mass is 16.5. The number of H-pyrrole nitrogens is 1. The zero-order chi connectivity index (χ0) is 33.0. The minimum atomic E-state index is -0.493. The Morgan fingerprint density at radius 2 is 1.75 bits per heavy atom. The van der Waals surface area contributed by atoms with Crippen LogP contribution in [0.2, 0.25) is 0 Å². The fourth-order valence-corrected chi connectivity index (χ4v) is 6.62. The molecular weight excluding hydrogens is 600 g/mol. The molecule has 48 heavy (non-hydrogen) atoms. The summed E-state index contributed by atoms with van der Waals surface area (Å²) in [5.41, 5.74) is 14.0. The first-order valence-corrected chi connectivity index (χ1v) is 16.1. The van der Waals surface area contributed by atoms with Crippen LogP contribution < -0.4 is 20.5 Å². The van der Waals surface area contributed by atoms with E-state index in [-0.39, 0.29) is 5.91 Å². The molecule has 4 aromatic carbocycles. The number of aromatic amines is 1. The molecule has 9 heteroatoms. The summed E-state index contributed by atoms with van der Waals surface area (Å²) in [5.74, 6) is 2.61. The molecule has 0 aliphatic heterocycles. The molecule has 0 unspecified atom stereocenters. The van der Waals surface area contributed by atoms with Crippen molar-refractivity contribution in [2.75, 3.05) is 20.0 Å². The van der Waals surface area contributed by atoms with E-state index in [0.29, 0.717) is 48.0 Å². The maximum Gasteiger partial charge on any atom is 0.253 e. The number of amides is 1. The Hall–Kier alpha value is -5.83. The van der Waals surface area contributed by atoms with Crippen molar-refractivity contribution in [2.45, 2.75) is 38.3 Å². The summed E-state index contributed by atoms with van der Waals surface area (Å²) >= 11 is 0. The van der Waals surface area contributed by atoms with Crippen LogP contribution in [0.15, 0.2) is 103 Å². The van der Waals surface area contributed by atoms with Gasteiger partial charge in [0.2, 0.25) is 0 Å². The molecule has 0 spiro atoms. The van der Waals surface area contributed by atoms with Crippen LogP contribution in [0.1, 0.15) is 56.7 Å². The van der Waals surface area contributed by atoms with Gasteiger partial charge in [0.15, 0.2) is 5.82 Å². The van der Waals surface area contributed by atoms with Crippen LogP contribution in [0.3, 0.4) is 0 Å². The van der Waals surface area contributed by atoms with Crippen molar-refractivity contribution in [1.29, 1.82) is 0 Å². The molecule has 0 saturated heterocycles. The number of fused-ring (bicyclic) bond motifs is 2. The predicted octanol–water partition coefficient (Wildman–Crippen LogP) is 6.69. The summed E-state index contributed by atoms with van der Waals surface area (Å²) in [4.78, 5) is 17.2. The van der Waals surface area contributed by atoms with E-state index in [1.807, 2.05) is 36.4 Å². The average Bonchev–Trinajstić information content (AvgIpc) is 3.84. The lowest BCUT2D eigenvalue weighted by Gasteiger charge is -2.22. The van der Waals surface area contributed by atoms with E-state index >= 15 is 0 Å². The Morgan fingerprint density at radius 3 is 2.60 bits per heavy atom. The third kappa shape index (κ3) is 6.14. The number of carbonyl (C=O) groups is 1. The van der Waals surface area contributed by atoms with E-state index in [1.54, 1.807) is 26.4 Å². The van der Waals surface area contributed by atoms with E-state index < -0.39 is 6.04 Å². The minimum Gasteiger partial charge on any atom is -0.497 e. The molecule has 0 fully saturated rings. The number of aromatic nitrogens is 4. The third-order valence-electron chi connectivity index (χ3n) is 9.15. The second kappa shape index (κ2) is 13.5. The van der Waals surface area contributed by atoms with Gasteiger partial charge in [-0.25, -0.2) is 0 Å². The molecule has 1 amide bonds. The van der Waals surface area contributed by atoms with Gasteiger partial charge in [-0.2, -0.15) is 0 Å². The van der Waals surface area contributed by atoms with Gasteiger partial charge in [-0.15, -0.1) is 10.2 Å². The van der Waals surface area contributed by atoms with Crippen LogP contribution >= 0.6 is 0 Å². The first-order valence-electron chi connectivity index (χ1n) is 16.1. The number of hydrogen-bond donors (Lipinski definition) is 3. The smallest absolute Gasteiger partial charge is 0.253 e. The number of benzene rings is 4. The lowest BCUT2D eigenvalue weighted by Crippen LogP contribution is -2.31. The molecule has 0 saturated carbocycles. The van der Waals surface area contributed by atoms with Crippen molar-refractivity contribution in [3.8, 4) is 11.5 Å². The quantitative estimate of drug-likeness (QED) is 0.129. The van der Waals surface area contributed by atoms with Crippen molar-refractivity contribution >= 4 is 28.1 Å². The Bertz CT molecular complexity index is 2130. The van der Waals surface area contributed by atoms with E-state index in [9.17, 15) is 4.79 Å². The SMILES string of the molecule is COc1ccc(Cn2c(CCc3c[nH]c4ccccc34)nnc2[C@@H](CC2=CCc3ccccc32)NC(=O)c2ccccc2N)c(OC)c1. The largest absolute Gasteiger partial charge is 0.497 e. The summed E-state index contributed by atoms with van der Waals surface area (Å²) in [6.07, 6.45) is 7.10. The highest BCUT2D eigenvalue weighted by molar-refractivity contribution is 5.99. The molecule has 242 valence electrons. The van der Waals surface area contributed by atoms with E-state index in [4.69, 9.17) is 25.4 Å². The molecule has 9 nitrogen and oxygen atoms in total. The molecule has 0 bridgehead atoms. The zero-order valence-electron chi connectivity index (χ0n) is 27.1. The van der Waals surface area contributed by atoms with Crippen LogP contribution in [-0.4, -0.2) is 39.9 Å². The monoisotopic (exact) mass is 638 g/mol. The van der Waals surface area contributed by atoms with Gasteiger partial charge in [0.05, 0.1) is 32.4 Å². The number of methoxy groups -OCH3 is 2. The van der Waals surface area contributed by atoms with Gasteiger partial charge in [-0.05, 0) is 65.4 Å². The number of hydrogen-bond acceptors (Lipinski definition) is 6. The molecule has 7 rings (SSSR count). The Balaban J connectivity index is 1.29. The maximum atomic E-state index is 13.8. The molecule has 4 N–H and O–H groups in total. The van der Waals surface area contributed by atoms with Gasteiger partial charge in [-0.1, -0.05) is 60.7 Å². The second-order valence-corrected chi connectivity index (χ2v) is 12.0. The number of nitrogens with one attached hydrogen (secondary N) is 2. The molecule has 2 aromatic heterocycles. The van der Waals surface area contributed by atoms with Gasteiger partial charge in [-0.3, -0.25) is 4.79 Å². The molecule has 1 aliphatic carbocycles. The van der Waals surface area contributed by atoms with Crippen LogP contribution in [0, 0.1) is 0 Å². The number of aryl methyl sites for hydroxylation is 2. The van der Waals surface area contributed by atoms with Crippen molar-refractivity contribution < 1.29 is 14.3 Å². The van der Waals surface area contributed by atoms with Gasteiger partial charge in [0, 0.05) is 47.3 Å². The summed E-state index contributed by atoms with van der Waals surface area (Å²) in [6.45, 7) is 0.439. The highest BCUT2D eigenvalue weighted by Gasteiger charge is 2.28. The van der Waals surface area contributed by atoms with Crippen molar-refractivity contribution in [3.05, 3.63) is 143 Å². The van der Waals surface area contributed by atoms with Crippen LogP contribution in [0.25, 0.3) is 16.5 Å². The molecule has 0 radical (unpaired) electrons. The lowest BCUT2D eigenvalue weighted by atomic mass is 9.98. The number of allylic oxidation sites excluding steroid dienone is 1. The van der Waals surface area contributed by atoms with Crippen molar-refractivity contribution in [1.82, 2.24) is 25.1 Å². The number of nitrogen functional groups attached to an aromatic ring is 1. The summed E-state index contributed by atoms with van der Waals surface area (Å²) < 4.78 is 13.4. The average molecular weight is 639 g/mol. The van der Waals surface area contributed by atoms with E-state index in [1.165, 1.54) is 22.1 Å². The number of rotatable bonds is 12. The van der Waals surface area contributed by atoms with Crippen LogP contribution in [-0.2, 0) is 25.8 Å². The number of ether oxygens (including phenoxy) is 2. The topological polar surface area (TPSA) is 120 Å². The molecule has 1 aliphatic rings. The van der Waals surface area contributed by atoms with Crippen LogP contribution in [0.4, 0.5) is 5.69 Å². The number of anilines is 1. The van der Waals surface area contributed by atoms with Gasteiger partial charge in [0.1, 0.15) is 17.3 Å². The Labute approximate surface area is 279 Å². The first-order chi connectivity index (χ1) is 23.5. The Morgan fingerprint density at radius 1 is 0.938 bits per heavy atom. The second-order valence-electron chi connectivity index (χ2n) is 12.0. The molecular formula is C39H38N6O3. The Kier molecular flexibility index (Phi) is 8.66. The van der Waals surface area contributed by atoms with E-state index in [0.717, 1.165) is 35.3 Å². The number of nitrogens with zero attached hydrogens (tertiary/aromatic N) is 3. The number of carbonyl (C=O) groups excluding carboxylic acids is 1. The minimum absolute atomic E-state index is 0.262. The fourth-order valence-electron chi connectivity index (χ4n) is 6.62. The normalized spacial score (nSPS) is 12.8. The van der Waals surface area contributed by atoms with Crippen LogP contribution in [0.5, 0.6) is 11.5 Å². The third-order valence-corrected chi connectivity index (χ3v) is 9.15. The van der Waals surface area contributed by atoms with Crippen molar-refractivity contribution in [3.63, 3.8) is 0 Å². The molecule has 1 atom stereocenters. The maximum absolute atomic E-state index is 13.8. The van der Waals surface area contributed by atoms with E-state index in [2.05, 4.69) is 69.6 Å². The fraction of sp³-hybridized carbons (Fsp3) is 0.205. The first kappa shape index (κ1) is 30.8. The van der Waals surface area contributed by atoms with Gasteiger partial charge >= 0.3 is 0 Å². The predicted molar refractivity (Wildman–Crippen MR) is 188 cm³/mol. The van der Waals surface area contributed by atoms with Crippen molar-refractivity contribution in [2.24, 2.45) is 0 Å². The molecule has 6 aromatic rings. The summed E-state index contributed by atoms with van der Waals surface area (Å²) in [7, 11) is 3.29. The number of nitrogens with two attached hydrogens (primary N) is 1.